The van der Waals surface area contributed by atoms with E-state index < -0.39 is 0 Å². The number of hydrogen-bond donors (Lipinski definition) is 1. The van der Waals surface area contributed by atoms with Crippen molar-refractivity contribution in [1.82, 2.24) is 20.0 Å². The second-order valence-electron chi connectivity index (χ2n) is 6.01. The van der Waals surface area contributed by atoms with Crippen LogP contribution in [0.3, 0.4) is 0 Å². The van der Waals surface area contributed by atoms with Crippen molar-refractivity contribution in [3.8, 4) is 0 Å². The molecule has 1 fully saturated rings. The molecule has 2 aromatic rings. The van der Waals surface area contributed by atoms with Gasteiger partial charge in [-0.15, -0.1) is 0 Å². The smallest absolute Gasteiger partial charge is 0.256 e. The van der Waals surface area contributed by atoms with E-state index in [1.54, 1.807) is 22.8 Å². The third kappa shape index (κ3) is 3.17. The summed E-state index contributed by atoms with van der Waals surface area (Å²) in [5.74, 6) is -0.0749. The van der Waals surface area contributed by atoms with Crippen molar-refractivity contribution in [2.24, 2.45) is 13.0 Å². The number of carbonyl (C=O) groups excluding carboxylic acids is 2. The van der Waals surface area contributed by atoms with Crippen LogP contribution in [0.15, 0.2) is 29.1 Å². The van der Waals surface area contributed by atoms with Crippen molar-refractivity contribution in [3.63, 3.8) is 0 Å². The van der Waals surface area contributed by atoms with Crippen LogP contribution in [0.4, 0.5) is 0 Å². The summed E-state index contributed by atoms with van der Waals surface area (Å²) in [4.78, 5) is 26.0. The van der Waals surface area contributed by atoms with Crippen molar-refractivity contribution < 1.29 is 14.0 Å². The van der Waals surface area contributed by atoms with Crippen LogP contribution in [0.2, 0.25) is 5.22 Å². The quantitative estimate of drug-likeness (QED) is 0.914. The fourth-order valence-electron chi connectivity index (χ4n) is 3.19. The average Bonchev–Trinajstić information content (AvgIpc) is 3.16. The lowest BCUT2D eigenvalue weighted by atomic mass is 9.85. The first kappa shape index (κ1) is 16.6. The number of hydrogen-bond acceptors (Lipinski definition) is 4. The summed E-state index contributed by atoms with van der Waals surface area (Å²) in [5.41, 5.74) is 1.28. The molecule has 2 aromatic heterocycles. The van der Waals surface area contributed by atoms with Crippen LogP contribution < -0.4 is 5.32 Å². The molecule has 1 aliphatic heterocycles. The molecule has 1 saturated heterocycles. The Labute approximate surface area is 144 Å². The molecule has 3 rings (SSSR count). The lowest BCUT2D eigenvalue weighted by Gasteiger charge is -2.38. The van der Waals surface area contributed by atoms with Gasteiger partial charge in [-0.3, -0.25) is 14.3 Å². The van der Waals surface area contributed by atoms with Crippen molar-refractivity contribution in [1.29, 1.82) is 0 Å². The van der Waals surface area contributed by atoms with Gasteiger partial charge in [-0.25, -0.2) is 0 Å². The Morgan fingerprint density at radius 1 is 1.50 bits per heavy atom. The Morgan fingerprint density at radius 3 is 2.92 bits per heavy atom. The summed E-state index contributed by atoms with van der Waals surface area (Å²) in [7, 11) is 3.63. The van der Waals surface area contributed by atoms with Crippen molar-refractivity contribution >= 4 is 23.4 Å². The molecule has 7 nitrogen and oxygen atoms in total. The van der Waals surface area contributed by atoms with Crippen LogP contribution in [0.5, 0.6) is 0 Å². The summed E-state index contributed by atoms with van der Waals surface area (Å²) in [6.07, 6.45) is 6.23. The topological polar surface area (TPSA) is 80.4 Å². The highest BCUT2D eigenvalue weighted by Gasteiger charge is 2.35. The second kappa shape index (κ2) is 6.68. The predicted octanol–water partition coefficient (Wildman–Crippen LogP) is 2.01. The van der Waals surface area contributed by atoms with Crippen LogP contribution in [-0.2, 0) is 11.8 Å². The van der Waals surface area contributed by atoms with Gasteiger partial charge in [0.05, 0.1) is 24.1 Å². The van der Waals surface area contributed by atoms with Gasteiger partial charge < -0.3 is 14.6 Å². The summed E-state index contributed by atoms with van der Waals surface area (Å²) < 4.78 is 6.65. The first-order valence-corrected chi connectivity index (χ1v) is 8.10. The lowest BCUT2D eigenvalue weighted by Crippen LogP contribution is -2.44. The monoisotopic (exact) mass is 350 g/mol. The zero-order valence-electron chi connectivity index (χ0n) is 13.5. The standard InChI is InChI=1S/C16H19ClN4O3/c1-20-9-11(8-19-20)14-10(3-4-13(22)21(14)2)7-18-16(23)12-5-6-24-15(12)17/h5-6,8-10,14H,3-4,7H2,1-2H3,(H,18,23)/t10-,14+/m1/s1. The van der Waals surface area contributed by atoms with Crippen molar-refractivity contribution in [2.75, 3.05) is 13.6 Å². The molecule has 24 heavy (non-hydrogen) atoms. The highest BCUT2D eigenvalue weighted by molar-refractivity contribution is 6.32. The Bertz CT molecular complexity index is 754. The maximum absolute atomic E-state index is 12.2. The summed E-state index contributed by atoms with van der Waals surface area (Å²) in [5, 5.41) is 7.16. The number of rotatable bonds is 4. The van der Waals surface area contributed by atoms with Gasteiger partial charge in [-0.05, 0) is 24.1 Å². The van der Waals surface area contributed by atoms with Gasteiger partial charge in [0.25, 0.3) is 5.91 Å². The van der Waals surface area contributed by atoms with Gasteiger partial charge in [-0.2, -0.15) is 5.10 Å². The first-order chi connectivity index (χ1) is 11.5. The molecule has 0 bridgehead atoms. The minimum Gasteiger partial charge on any atom is -0.452 e. The molecule has 0 unspecified atom stereocenters. The molecular formula is C16H19ClN4O3. The Kier molecular flexibility index (Phi) is 4.62. The van der Waals surface area contributed by atoms with E-state index in [4.69, 9.17) is 16.0 Å². The molecule has 2 atom stereocenters. The highest BCUT2D eigenvalue weighted by atomic mass is 35.5. The number of amides is 2. The van der Waals surface area contributed by atoms with Crippen LogP contribution >= 0.6 is 11.6 Å². The zero-order valence-corrected chi connectivity index (χ0v) is 14.3. The van der Waals surface area contributed by atoms with E-state index in [1.165, 1.54) is 12.3 Å². The van der Waals surface area contributed by atoms with E-state index in [0.717, 1.165) is 5.56 Å². The number of nitrogens with zero attached hydrogens (tertiary/aromatic N) is 3. The fraction of sp³-hybridized carbons (Fsp3) is 0.438. The number of nitrogens with one attached hydrogen (secondary N) is 1. The number of halogens is 1. The molecule has 1 N–H and O–H groups in total. The number of aromatic nitrogens is 2. The Morgan fingerprint density at radius 2 is 2.29 bits per heavy atom. The average molecular weight is 351 g/mol. The fourth-order valence-corrected chi connectivity index (χ4v) is 3.39. The third-order valence-corrected chi connectivity index (χ3v) is 4.73. The maximum Gasteiger partial charge on any atom is 0.256 e. The third-order valence-electron chi connectivity index (χ3n) is 4.44. The largest absolute Gasteiger partial charge is 0.452 e. The molecule has 0 spiro atoms. The Hall–Kier alpha value is -2.28. The van der Waals surface area contributed by atoms with Gasteiger partial charge in [0.1, 0.15) is 0 Å². The normalized spacial score (nSPS) is 21.1. The van der Waals surface area contributed by atoms with Crippen LogP contribution in [0, 0.1) is 5.92 Å². The van der Waals surface area contributed by atoms with Crippen LogP contribution in [0.25, 0.3) is 0 Å². The number of likely N-dealkylation sites (tertiary alicyclic amines) is 1. The summed E-state index contributed by atoms with van der Waals surface area (Å²) in [6, 6.07) is 1.42. The highest BCUT2D eigenvalue weighted by Crippen LogP contribution is 2.35. The van der Waals surface area contributed by atoms with E-state index >= 15 is 0 Å². The lowest BCUT2D eigenvalue weighted by molar-refractivity contribution is -0.136. The van der Waals surface area contributed by atoms with E-state index in [9.17, 15) is 9.59 Å². The molecule has 0 saturated carbocycles. The summed E-state index contributed by atoms with van der Waals surface area (Å²) >= 11 is 5.83. The number of aryl methyl sites for hydroxylation is 1. The van der Waals surface area contributed by atoms with E-state index in [2.05, 4.69) is 10.4 Å². The number of carbonyl (C=O) groups is 2. The molecule has 0 aliphatic carbocycles. The first-order valence-electron chi connectivity index (χ1n) is 7.72. The molecule has 0 radical (unpaired) electrons. The van der Waals surface area contributed by atoms with E-state index in [-0.39, 0.29) is 29.0 Å². The molecular weight excluding hydrogens is 332 g/mol. The molecule has 8 heteroatoms. The van der Waals surface area contributed by atoms with Crippen LogP contribution in [0.1, 0.15) is 34.8 Å². The SMILES string of the molecule is CN1C(=O)CC[C@H](CNC(=O)c2ccoc2Cl)[C@H]1c1cnn(C)c1. The molecule has 128 valence electrons. The van der Waals surface area contributed by atoms with Crippen molar-refractivity contribution in [3.05, 3.63) is 41.1 Å². The van der Waals surface area contributed by atoms with Gasteiger partial charge in [-0.1, -0.05) is 0 Å². The van der Waals surface area contributed by atoms with Gasteiger partial charge in [0.2, 0.25) is 11.1 Å². The van der Waals surface area contributed by atoms with Gasteiger partial charge in [0.15, 0.2) is 0 Å². The molecule has 2 amide bonds. The second-order valence-corrected chi connectivity index (χ2v) is 6.36. The minimum absolute atomic E-state index is 0.0762. The Balaban J connectivity index is 1.74. The zero-order chi connectivity index (χ0) is 17.3. The number of furan rings is 1. The van der Waals surface area contributed by atoms with Crippen molar-refractivity contribution in [2.45, 2.75) is 18.9 Å². The van der Waals surface area contributed by atoms with Gasteiger partial charge >= 0.3 is 0 Å². The minimum atomic E-state index is -0.279. The van der Waals surface area contributed by atoms with E-state index in [1.807, 2.05) is 13.2 Å². The summed E-state index contributed by atoms with van der Waals surface area (Å²) in [6.45, 7) is 0.442. The molecule has 0 aromatic carbocycles. The molecule has 3 heterocycles. The van der Waals surface area contributed by atoms with Crippen LogP contribution in [-0.4, -0.2) is 40.1 Å². The predicted molar refractivity (Wildman–Crippen MR) is 87.5 cm³/mol. The van der Waals surface area contributed by atoms with Gasteiger partial charge in [0, 0.05) is 44.7 Å². The number of piperidine rings is 1. The van der Waals surface area contributed by atoms with E-state index in [0.29, 0.717) is 24.9 Å². The maximum atomic E-state index is 12.2. The molecule has 1 aliphatic rings.